The van der Waals surface area contributed by atoms with Gasteiger partial charge in [0.15, 0.2) is 0 Å². The third-order valence-corrected chi connectivity index (χ3v) is 4.97. The monoisotopic (exact) mass is 413 g/mol. The Labute approximate surface area is 181 Å². The van der Waals surface area contributed by atoms with Gasteiger partial charge in [0.2, 0.25) is 0 Å². The van der Waals surface area contributed by atoms with Crippen LogP contribution in [0, 0.1) is 6.92 Å². The summed E-state index contributed by atoms with van der Waals surface area (Å²) in [5.74, 6) is 1.57. The molecule has 0 saturated carbocycles. The number of benzene rings is 3. The number of methoxy groups -OCH3 is 2. The molecule has 1 N–H and O–H groups in total. The van der Waals surface area contributed by atoms with Gasteiger partial charge in [0.05, 0.1) is 31.2 Å². The van der Waals surface area contributed by atoms with Crippen molar-refractivity contribution in [3.05, 3.63) is 90.0 Å². The Bertz CT molecular complexity index is 1200. The largest absolute Gasteiger partial charge is 0.497 e. The van der Waals surface area contributed by atoms with E-state index in [1.807, 2.05) is 67.6 Å². The summed E-state index contributed by atoms with van der Waals surface area (Å²) in [6.45, 7) is 2.03. The number of nitrogens with one attached hydrogen (secondary N) is 1. The smallest absolute Gasteiger partial charge is 0.260 e. The van der Waals surface area contributed by atoms with Crippen molar-refractivity contribution in [2.24, 2.45) is 0 Å². The first-order valence-electron chi connectivity index (χ1n) is 9.85. The normalized spacial score (nSPS) is 10.5. The second kappa shape index (κ2) is 8.75. The number of ether oxygens (including phenoxy) is 2. The van der Waals surface area contributed by atoms with E-state index in [0.717, 1.165) is 28.3 Å². The molecule has 3 aromatic carbocycles. The number of hydrogen-bond acceptors (Lipinski definition) is 4. The minimum atomic E-state index is -0.271. The Morgan fingerprint density at radius 1 is 0.903 bits per heavy atom. The Morgan fingerprint density at radius 2 is 1.61 bits per heavy atom. The van der Waals surface area contributed by atoms with Gasteiger partial charge in [-0.2, -0.15) is 5.10 Å². The summed E-state index contributed by atoms with van der Waals surface area (Å²) in [6, 6.07) is 24.6. The summed E-state index contributed by atoms with van der Waals surface area (Å²) in [5.41, 5.74) is 4.09. The lowest BCUT2D eigenvalue weighted by Gasteiger charge is -2.11. The summed E-state index contributed by atoms with van der Waals surface area (Å²) in [6.07, 6.45) is 0. The SMILES string of the molecule is COc1ccc(-c2cc(NC(=O)c3ccccc3OC)n(-c3ccc(C)cc3)n2)cc1. The van der Waals surface area contributed by atoms with E-state index in [0.29, 0.717) is 17.1 Å². The highest BCUT2D eigenvalue weighted by Crippen LogP contribution is 2.27. The van der Waals surface area contributed by atoms with Crippen LogP contribution in [-0.2, 0) is 0 Å². The fourth-order valence-electron chi connectivity index (χ4n) is 3.27. The highest BCUT2D eigenvalue weighted by atomic mass is 16.5. The maximum absolute atomic E-state index is 13.0. The van der Waals surface area contributed by atoms with Gasteiger partial charge in [0, 0.05) is 11.6 Å². The molecule has 1 amide bonds. The lowest BCUT2D eigenvalue weighted by Crippen LogP contribution is -2.16. The average molecular weight is 413 g/mol. The summed E-state index contributed by atoms with van der Waals surface area (Å²) < 4.78 is 12.3. The molecule has 0 atom stereocenters. The lowest BCUT2D eigenvalue weighted by molar-refractivity contribution is 0.102. The Balaban J connectivity index is 1.74. The van der Waals surface area contributed by atoms with Crippen LogP contribution in [-0.4, -0.2) is 29.9 Å². The van der Waals surface area contributed by atoms with Crippen LogP contribution >= 0.6 is 0 Å². The van der Waals surface area contributed by atoms with Crippen molar-refractivity contribution in [3.63, 3.8) is 0 Å². The molecule has 6 nitrogen and oxygen atoms in total. The maximum atomic E-state index is 13.0. The van der Waals surface area contributed by atoms with Gasteiger partial charge in [-0.15, -0.1) is 0 Å². The molecular weight excluding hydrogens is 390 g/mol. The molecule has 0 spiro atoms. The number of carbonyl (C=O) groups excluding carboxylic acids is 1. The number of amides is 1. The van der Waals surface area contributed by atoms with Crippen LogP contribution < -0.4 is 14.8 Å². The number of rotatable bonds is 6. The predicted octanol–water partition coefficient (Wildman–Crippen LogP) is 5.12. The molecular formula is C25H23N3O3. The molecule has 0 fully saturated rings. The maximum Gasteiger partial charge on any atom is 0.260 e. The highest BCUT2D eigenvalue weighted by Gasteiger charge is 2.17. The van der Waals surface area contributed by atoms with Gasteiger partial charge < -0.3 is 14.8 Å². The Kier molecular flexibility index (Phi) is 5.71. The number of aryl methyl sites for hydroxylation is 1. The van der Waals surface area contributed by atoms with E-state index in [1.165, 1.54) is 0 Å². The van der Waals surface area contributed by atoms with Gasteiger partial charge in [0.1, 0.15) is 17.3 Å². The molecule has 4 aromatic rings. The van der Waals surface area contributed by atoms with Crippen LogP contribution in [0.5, 0.6) is 11.5 Å². The molecule has 31 heavy (non-hydrogen) atoms. The van der Waals surface area contributed by atoms with Crippen LogP contribution in [0.4, 0.5) is 5.82 Å². The topological polar surface area (TPSA) is 65.4 Å². The fourth-order valence-corrected chi connectivity index (χ4v) is 3.27. The number of para-hydroxylation sites is 1. The highest BCUT2D eigenvalue weighted by molar-refractivity contribution is 6.06. The summed E-state index contributed by atoms with van der Waals surface area (Å²) in [7, 11) is 3.18. The summed E-state index contributed by atoms with van der Waals surface area (Å²) in [4.78, 5) is 13.0. The molecule has 0 aliphatic carbocycles. The van der Waals surface area contributed by atoms with Crippen LogP contribution in [0.3, 0.4) is 0 Å². The number of anilines is 1. The Hall–Kier alpha value is -4.06. The molecule has 156 valence electrons. The number of hydrogen-bond donors (Lipinski definition) is 1. The van der Waals surface area contributed by atoms with Gasteiger partial charge in [-0.3, -0.25) is 4.79 Å². The van der Waals surface area contributed by atoms with Gasteiger partial charge in [-0.1, -0.05) is 29.8 Å². The first-order chi connectivity index (χ1) is 15.1. The van der Waals surface area contributed by atoms with E-state index in [2.05, 4.69) is 5.32 Å². The van der Waals surface area contributed by atoms with Crippen molar-refractivity contribution in [1.29, 1.82) is 0 Å². The van der Waals surface area contributed by atoms with E-state index < -0.39 is 0 Å². The van der Waals surface area contributed by atoms with Crippen LogP contribution in [0.1, 0.15) is 15.9 Å². The standard InChI is InChI=1S/C25H23N3O3/c1-17-8-12-19(13-9-17)28-24(26-25(29)21-6-4-5-7-23(21)31-3)16-22(27-28)18-10-14-20(30-2)15-11-18/h4-16H,1-3H3,(H,26,29). The lowest BCUT2D eigenvalue weighted by atomic mass is 10.1. The van der Waals surface area contributed by atoms with Gasteiger partial charge in [-0.25, -0.2) is 4.68 Å². The van der Waals surface area contributed by atoms with Crippen molar-refractivity contribution in [3.8, 4) is 28.4 Å². The number of nitrogens with zero attached hydrogens (tertiary/aromatic N) is 2. The van der Waals surface area contributed by atoms with E-state index in [4.69, 9.17) is 14.6 Å². The van der Waals surface area contributed by atoms with Crippen molar-refractivity contribution in [2.75, 3.05) is 19.5 Å². The molecule has 1 heterocycles. The van der Waals surface area contributed by atoms with Crippen molar-refractivity contribution < 1.29 is 14.3 Å². The third-order valence-electron chi connectivity index (χ3n) is 4.97. The molecule has 0 saturated heterocycles. The molecule has 6 heteroatoms. The molecule has 0 aliphatic heterocycles. The molecule has 0 unspecified atom stereocenters. The minimum Gasteiger partial charge on any atom is -0.497 e. The van der Waals surface area contributed by atoms with E-state index in [9.17, 15) is 4.79 Å². The van der Waals surface area contributed by atoms with Gasteiger partial charge in [0.25, 0.3) is 5.91 Å². The number of carbonyl (C=O) groups is 1. The van der Waals surface area contributed by atoms with Gasteiger partial charge in [-0.05, 0) is 55.5 Å². The number of aromatic nitrogens is 2. The minimum absolute atomic E-state index is 0.271. The molecule has 0 radical (unpaired) electrons. The second-order valence-electron chi connectivity index (χ2n) is 7.05. The molecule has 4 rings (SSSR count). The predicted molar refractivity (Wildman–Crippen MR) is 121 cm³/mol. The van der Waals surface area contributed by atoms with Crippen molar-refractivity contribution >= 4 is 11.7 Å². The quantitative estimate of drug-likeness (QED) is 0.477. The van der Waals surface area contributed by atoms with E-state index in [-0.39, 0.29) is 5.91 Å². The fraction of sp³-hybridized carbons (Fsp3) is 0.120. The first kappa shape index (κ1) is 20.2. The van der Waals surface area contributed by atoms with Crippen molar-refractivity contribution in [2.45, 2.75) is 6.92 Å². The average Bonchev–Trinajstić information content (AvgIpc) is 3.23. The van der Waals surface area contributed by atoms with Crippen molar-refractivity contribution in [1.82, 2.24) is 9.78 Å². The molecule has 0 aliphatic rings. The second-order valence-corrected chi connectivity index (χ2v) is 7.05. The van der Waals surface area contributed by atoms with Gasteiger partial charge >= 0.3 is 0 Å². The zero-order valence-electron chi connectivity index (χ0n) is 17.6. The van der Waals surface area contributed by atoms with Crippen LogP contribution in [0.15, 0.2) is 78.9 Å². The Morgan fingerprint density at radius 3 is 2.29 bits per heavy atom. The zero-order valence-corrected chi connectivity index (χ0v) is 17.6. The van der Waals surface area contributed by atoms with E-state index in [1.54, 1.807) is 37.1 Å². The summed E-state index contributed by atoms with van der Waals surface area (Å²) in [5, 5.41) is 7.74. The molecule has 0 bridgehead atoms. The summed E-state index contributed by atoms with van der Waals surface area (Å²) >= 11 is 0. The van der Waals surface area contributed by atoms with Crippen LogP contribution in [0.2, 0.25) is 0 Å². The zero-order chi connectivity index (χ0) is 21.8. The van der Waals surface area contributed by atoms with E-state index >= 15 is 0 Å². The third kappa shape index (κ3) is 4.28. The van der Waals surface area contributed by atoms with Crippen LogP contribution in [0.25, 0.3) is 16.9 Å². The molecule has 1 aromatic heterocycles. The first-order valence-corrected chi connectivity index (χ1v) is 9.85.